The Morgan fingerprint density at radius 2 is 2.09 bits per heavy atom. The molecule has 6 heteroatoms. The van der Waals surface area contributed by atoms with Crippen LogP contribution in [-0.2, 0) is 16.1 Å². The van der Waals surface area contributed by atoms with E-state index in [1.165, 1.54) is 0 Å². The van der Waals surface area contributed by atoms with E-state index in [1.807, 2.05) is 12.1 Å². The predicted octanol–water partition coefficient (Wildman–Crippen LogP) is 0.578. The highest BCUT2D eigenvalue weighted by Crippen LogP contribution is 2.47. The summed E-state index contributed by atoms with van der Waals surface area (Å²) in [6, 6.07) is 3.74. The van der Waals surface area contributed by atoms with Gasteiger partial charge in [-0.2, -0.15) is 0 Å². The highest BCUT2D eigenvalue weighted by atomic mass is 16.2. The van der Waals surface area contributed by atoms with Crippen LogP contribution in [-0.4, -0.2) is 29.4 Å². The lowest BCUT2D eigenvalue weighted by atomic mass is 9.84. The summed E-state index contributed by atoms with van der Waals surface area (Å²) in [7, 11) is 0. The van der Waals surface area contributed by atoms with Crippen LogP contribution >= 0.6 is 0 Å². The first-order chi connectivity index (χ1) is 11.1. The van der Waals surface area contributed by atoms with Crippen LogP contribution in [0.15, 0.2) is 24.5 Å². The van der Waals surface area contributed by atoms with Crippen LogP contribution in [0.5, 0.6) is 0 Å². The van der Waals surface area contributed by atoms with Gasteiger partial charge in [0.1, 0.15) is 0 Å². The zero-order valence-electron chi connectivity index (χ0n) is 13.2. The van der Waals surface area contributed by atoms with Crippen LogP contribution in [0.1, 0.15) is 31.2 Å². The highest BCUT2D eigenvalue weighted by molar-refractivity contribution is 5.81. The van der Waals surface area contributed by atoms with Crippen LogP contribution in [0, 0.1) is 17.8 Å². The molecule has 3 rings (SSSR count). The van der Waals surface area contributed by atoms with Crippen molar-refractivity contribution in [3.05, 3.63) is 30.1 Å². The lowest BCUT2D eigenvalue weighted by Crippen LogP contribution is -2.45. The Hall–Kier alpha value is -1.95. The van der Waals surface area contributed by atoms with E-state index in [2.05, 4.69) is 15.6 Å². The summed E-state index contributed by atoms with van der Waals surface area (Å²) in [6.07, 6.45) is 7.06. The van der Waals surface area contributed by atoms with Crippen molar-refractivity contribution in [2.24, 2.45) is 23.5 Å². The fourth-order valence-electron chi connectivity index (χ4n) is 3.93. The van der Waals surface area contributed by atoms with Crippen molar-refractivity contribution in [2.45, 2.75) is 38.3 Å². The van der Waals surface area contributed by atoms with E-state index in [0.717, 1.165) is 24.8 Å². The van der Waals surface area contributed by atoms with Crippen LogP contribution in [0.3, 0.4) is 0 Å². The third kappa shape index (κ3) is 3.69. The Morgan fingerprint density at radius 3 is 2.78 bits per heavy atom. The summed E-state index contributed by atoms with van der Waals surface area (Å²) >= 11 is 0. The lowest BCUT2D eigenvalue weighted by Gasteiger charge is -2.26. The predicted molar refractivity (Wildman–Crippen MR) is 86.0 cm³/mol. The van der Waals surface area contributed by atoms with Gasteiger partial charge in [-0.3, -0.25) is 14.6 Å². The molecular weight excluding hydrogens is 292 g/mol. The second-order valence-electron chi connectivity index (χ2n) is 6.62. The minimum Gasteiger partial charge on any atom is -0.355 e. The van der Waals surface area contributed by atoms with Gasteiger partial charge in [-0.25, -0.2) is 0 Å². The molecule has 0 radical (unpaired) electrons. The van der Waals surface area contributed by atoms with Crippen molar-refractivity contribution >= 4 is 11.8 Å². The summed E-state index contributed by atoms with van der Waals surface area (Å²) in [5, 5.41) is 5.70. The van der Waals surface area contributed by atoms with E-state index in [9.17, 15) is 9.59 Å². The van der Waals surface area contributed by atoms with Gasteiger partial charge in [0.05, 0.1) is 5.92 Å². The molecule has 23 heavy (non-hydrogen) atoms. The molecule has 2 amide bonds. The Bertz CT molecular complexity index is 561. The third-order valence-corrected chi connectivity index (χ3v) is 5.15. The summed E-state index contributed by atoms with van der Waals surface area (Å²) in [5.74, 6) is 0.830. The molecule has 0 aromatic carbocycles. The molecule has 0 saturated heterocycles. The van der Waals surface area contributed by atoms with Crippen molar-refractivity contribution in [2.75, 3.05) is 6.54 Å². The second kappa shape index (κ2) is 7.08. The van der Waals surface area contributed by atoms with Crippen molar-refractivity contribution in [1.29, 1.82) is 0 Å². The number of aromatic nitrogens is 1. The molecule has 0 spiro atoms. The van der Waals surface area contributed by atoms with Gasteiger partial charge in [-0.15, -0.1) is 0 Å². The van der Waals surface area contributed by atoms with Crippen molar-refractivity contribution in [3.8, 4) is 0 Å². The van der Waals surface area contributed by atoms with Crippen molar-refractivity contribution < 1.29 is 9.59 Å². The summed E-state index contributed by atoms with van der Waals surface area (Å²) < 4.78 is 0. The average Bonchev–Trinajstić information content (AvgIpc) is 3.15. The number of rotatable bonds is 6. The van der Waals surface area contributed by atoms with Crippen LogP contribution in [0.2, 0.25) is 0 Å². The molecular formula is C17H24N4O2. The molecule has 1 heterocycles. The molecule has 4 unspecified atom stereocenters. The number of fused-ring (bicyclic) bond motifs is 2. The Labute approximate surface area is 136 Å². The number of carbonyl (C=O) groups excluding carboxylic acids is 2. The number of amides is 2. The van der Waals surface area contributed by atoms with Gasteiger partial charge in [0, 0.05) is 37.9 Å². The fraction of sp³-hybridized carbons (Fsp3) is 0.588. The zero-order valence-corrected chi connectivity index (χ0v) is 13.2. The average molecular weight is 316 g/mol. The molecule has 1 aromatic heterocycles. The highest BCUT2D eigenvalue weighted by Gasteiger charge is 2.48. The van der Waals surface area contributed by atoms with E-state index in [4.69, 9.17) is 5.73 Å². The van der Waals surface area contributed by atoms with Gasteiger partial charge >= 0.3 is 0 Å². The van der Waals surface area contributed by atoms with Gasteiger partial charge in [-0.1, -0.05) is 6.07 Å². The maximum atomic E-state index is 12.3. The quantitative estimate of drug-likeness (QED) is 0.715. The third-order valence-electron chi connectivity index (χ3n) is 5.15. The number of nitrogens with two attached hydrogens (primary N) is 1. The minimum absolute atomic E-state index is 0.00634. The SMILES string of the molecule is NC1C2CCC(C2)C1C(=O)NCCC(=O)NCc1cccnc1. The molecule has 2 saturated carbocycles. The monoisotopic (exact) mass is 316 g/mol. The number of hydrogen-bond donors (Lipinski definition) is 3. The zero-order chi connectivity index (χ0) is 16.2. The molecule has 2 aliphatic carbocycles. The van der Waals surface area contributed by atoms with Gasteiger partial charge in [0.25, 0.3) is 0 Å². The molecule has 1 aromatic rings. The number of nitrogens with one attached hydrogen (secondary N) is 2. The van der Waals surface area contributed by atoms with Gasteiger partial charge < -0.3 is 16.4 Å². The van der Waals surface area contributed by atoms with E-state index >= 15 is 0 Å². The standard InChI is InChI=1S/C17H24N4O2/c18-16-13-4-3-12(8-13)15(16)17(23)20-7-5-14(22)21-10-11-2-1-6-19-9-11/h1-2,6,9,12-13,15-16H,3-5,7-8,10,18H2,(H,20,23)(H,21,22). The lowest BCUT2D eigenvalue weighted by molar-refractivity contribution is -0.127. The molecule has 2 fully saturated rings. The Morgan fingerprint density at radius 1 is 1.26 bits per heavy atom. The van der Waals surface area contributed by atoms with E-state index < -0.39 is 0 Å². The first-order valence-corrected chi connectivity index (χ1v) is 8.34. The summed E-state index contributed by atoms with van der Waals surface area (Å²) in [4.78, 5) is 28.1. The van der Waals surface area contributed by atoms with E-state index in [-0.39, 0.29) is 30.2 Å². The number of carbonyl (C=O) groups is 2. The summed E-state index contributed by atoms with van der Waals surface area (Å²) in [6.45, 7) is 0.816. The normalized spacial score (nSPS) is 28.6. The largest absolute Gasteiger partial charge is 0.355 e. The fourth-order valence-corrected chi connectivity index (χ4v) is 3.93. The second-order valence-corrected chi connectivity index (χ2v) is 6.62. The van der Waals surface area contributed by atoms with E-state index in [0.29, 0.717) is 24.9 Å². The van der Waals surface area contributed by atoms with Gasteiger partial charge in [0.2, 0.25) is 11.8 Å². The number of hydrogen-bond acceptors (Lipinski definition) is 4. The van der Waals surface area contributed by atoms with Crippen molar-refractivity contribution in [3.63, 3.8) is 0 Å². The van der Waals surface area contributed by atoms with Gasteiger partial charge in [-0.05, 0) is 42.7 Å². The van der Waals surface area contributed by atoms with E-state index in [1.54, 1.807) is 12.4 Å². The van der Waals surface area contributed by atoms with Crippen LogP contribution in [0.4, 0.5) is 0 Å². The maximum Gasteiger partial charge on any atom is 0.224 e. The summed E-state index contributed by atoms with van der Waals surface area (Å²) in [5.41, 5.74) is 7.12. The number of pyridine rings is 1. The molecule has 2 bridgehead atoms. The molecule has 4 atom stereocenters. The maximum absolute atomic E-state index is 12.3. The van der Waals surface area contributed by atoms with Crippen LogP contribution in [0.25, 0.3) is 0 Å². The molecule has 0 aliphatic heterocycles. The minimum atomic E-state index is -0.0774. The number of nitrogens with zero attached hydrogens (tertiary/aromatic N) is 1. The first-order valence-electron chi connectivity index (χ1n) is 8.34. The van der Waals surface area contributed by atoms with Gasteiger partial charge in [0.15, 0.2) is 0 Å². The molecule has 2 aliphatic rings. The smallest absolute Gasteiger partial charge is 0.224 e. The topological polar surface area (TPSA) is 97.1 Å². The Balaban J connectivity index is 1.36. The molecule has 4 N–H and O–H groups in total. The van der Waals surface area contributed by atoms with Crippen molar-refractivity contribution in [1.82, 2.24) is 15.6 Å². The van der Waals surface area contributed by atoms with Crippen LogP contribution < -0.4 is 16.4 Å². The molecule has 124 valence electrons. The first kappa shape index (κ1) is 15.9. The Kier molecular flexibility index (Phi) is 4.91. The molecule has 6 nitrogen and oxygen atoms in total.